The lowest BCUT2D eigenvalue weighted by molar-refractivity contribution is 0.219. The zero-order valence-electron chi connectivity index (χ0n) is 14.8. The molecular formula is C18H24O5Si. The van der Waals surface area contributed by atoms with Crippen molar-refractivity contribution in [2.45, 2.75) is 12.5 Å². The number of benzene rings is 2. The van der Waals surface area contributed by atoms with Crippen LogP contribution in [0.25, 0.3) is 0 Å². The van der Waals surface area contributed by atoms with Crippen molar-refractivity contribution in [3.63, 3.8) is 0 Å². The second-order valence-corrected chi connectivity index (χ2v) is 5.69. The van der Waals surface area contributed by atoms with Crippen LogP contribution < -0.4 is 18.9 Å². The van der Waals surface area contributed by atoms with Gasteiger partial charge in [0.1, 0.15) is 33.5 Å². The van der Waals surface area contributed by atoms with E-state index in [0.29, 0.717) is 16.9 Å². The Kier molecular flexibility index (Phi) is 6.51. The van der Waals surface area contributed by atoms with E-state index < -0.39 is 0 Å². The Hall–Kier alpha value is -2.18. The van der Waals surface area contributed by atoms with E-state index in [2.05, 4.69) is 0 Å². The smallest absolute Gasteiger partial charge is 0.146 e. The first kappa shape index (κ1) is 18.2. The van der Waals surface area contributed by atoms with Gasteiger partial charge in [0, 0.05) is 24.1 Å². The maximum atomic E-state index is 5.84. The van der Waals surface area contributed by atoms with Crippen LogP contribution in [0.2, 0.25) is 0 Å². The van der Waals surface area contributed by atoms with Crippen LogP contribution in [0.1, 0.15) is 17.2 Å². The maximum Gasteiger partial charge on any atom is 0.146 e. The fraction of sp³-hybridized carbons (Fsp3) is 0.333. The van der Waals surface area contributed by atoms with E-state index in [9.17, 15) is 0 Å². The molecule has 2 aromatic carbocycles. The summed E-state index contributed by atoms with van der Waals surface area (Å²) in [6.07, 6.45) is 0.569. The minimum absolute atomic E-state index is 0.111. The van der Waals surface area contributed by atoms with E-state index in [-0.39, 0.29) is 6.10 Å². The average Bonchev–Trinajstić information content (AvgIpc) is 2.65. The molecular weight excluding hydrogens is 324 g/mol. The molecule has 6 heteroatoms. The predicted octanol–water partition coefficient (Wildman–Crippen LogP) is 2.30. The summed E-state index contributed by atoms with van der Waals surface area (Å²) < 4.78 is 27.3. The number of methoxy groups -OCH3 is 4. The Morgan fingerprint density at radius 3 is 1.92 bits per heavy atom. The van der Waals surface area contributed by atoms with Gasteiger partial charge in [0.05, 0.1) is 34.5 Å². The second kappa shape index (κ2) is 8.61. The van der Waals surface area contributed by atoms with E-state index in [1.165, 1.54) is 0 Å². The third-order valence-electron chi connectivity index (χ3n) is 3.97. The molecule has 24 heavy (non-hydrogen) atoms. The summed E-state index contributed by atoms with van der Waals surface area (Å²) in [5.41, 5.74) is 2.04. The van der Waals surface area contributed by atoms with Crippen LogP contribution in [0, 0.1) is 0 Å². The Bertz CT molecular complexity index is 674. The highest BCUT2D eigenvalue weighted by molar-refractivity contribution is 5.98. The van der Waals surface area contributed by atoms with Crippen molar-refractivity contribution in [1.29, 1.82) is 0 Å². The standard InChI is InChI=1S/C18H24O5Si/c1-19-13-6-5-12(16(10-13)21-3)9-18(23-24)15-8-7-14(20-2)11-17(15)22-4/h5-8,10-11,18H,9H2,1-4,24H3. The van der Waals surface area contributed by atoms with Crippen molar-refractivity contribution in [3.8, 4) is 23.0 Å². The minimum Gasteiger partial charge on any atom is -0.497 e. The van der Waals surface area contributed by atoms with Gasteiger partial charge >= 0.3 is 0 Å². The summed E-state index contributed by atoms with van der Waals surface area (Å²) >= 11 is 0. The van der Waals surface area contributed by atoms with Crippen molar-refractivity contribution in [1.82, 2.24) is 0 Å². The van der Waals surface area contributed by atoms with Crippen LogP contribution in [0.5, 0.6) is 23.0 Å². The van der Waals surface area contributed by atoms with Crippen LogP contribution >= 0.6 is 0 Å². The van der Waals surface area contributed by atoms with E-state index in [1.807, 2.05) is 36.4 Å². The predicted molar refractivity (Wildman–Crippen MR) is 96.6 cm³/mol. The summed E-state index contributed by atoms with van der Waals surface area (Å²) in [6, 6.07) is 11.6. The highest BCUT2D eigenvalue weighted by Gasteiger charge is 2.19. The van der Waals surface area contributed by atoms with Crippen molar-refractivity contribution < 1.29 is 23.4 Å². The zero-order chi connectivity index (χ0) is 17.5. The Morgan fingerprint density at radius 1 is 0.792 bits per heavy atom. The van der Waals surface area contributed by atoms with Crippen molar-refractivity contribution >= 4 is 10.5 Å². The first-order valence-corrected chi connectivity index (χ1v) is 8.44. The van der Waals surface area contributed by atoms with Gasteiger partial charge in [0.2, 0.25) is 0 Å². The minimum atomic E-state index is -0.111. The van der Waals surface area contributed by atoms with Crippen molar-refractivity contribution in [2.75, 3.05) is 28.4 Å². The molecule has 0 saturated carbocycles. The fourth-order valence-corrected chi connectivity index (χ4v) is 3.05. The van der Waals surface area contributed by atoms with Crippen LogP contribution in [0.15, 0.2) is 36.4 Å². The van der Waals surface area contributed by atoms with E-state index in [1.54, 1.807) is 28.4 Å². The molecule has 0 amide bonds. The largest absolute Gasteiger partial charge is 0.497 e. The molecule has 0 aliphatic carbocycles. The third kappa shape index (κ3) is 4.01. The first-order valence-electron chi connectivity index (χ1n) is 7.62. The van der Waals surface area contributed by atoms with Crippen LogP contribution in [0.3, 0.4) is 0 Å². The van der Waals surface area contributed by atoms with Crippen molar-refractivity contribution in [2.24, 2.45) is 0 Å². The van der Waals surface area contributed by atoms with E-state index in [0.717, 1.165) is 34.1 Å². The Labute approximate surface area is 146 Å². The lowest BCUT2D eigenvalue weighted by Gasteiger charge is -2.21. The molecule has 0 fully saturated rings. The maximum absolute atomic E-state index is 5.84. The monoisotopic (exact) mass is 348 g/mol. The van der Waals surface area contributed by atoms with Crippen LogP contribution in [-0.4, -0.2) is 38.9 Å². The van der Waals surface area contributed by atoms with Crippen molar-refractivity contribution in [3.05, 3.63) is 47.5 Å². The summed E-state index contributed by atoms with van der Waals surface area (Å²) in [6.45, 7) is 0. The summed E-state index contributed by atoms with van der Waals surface area (Å²) in [4.78, 5) is 0. The molecule has 2 rings (SSSR count). The molecule has 130 valence electrons. The average molecular weight is 348 g/mol. The van der Waals surface area contributed by atoms with Crippen LogP contribution in [0.4, 0.5) is 0 Å². The van der Waals surface area contributed by atoms with Gasteiger partial charge in [0.15, 0.2) is 0 Å². The number of hydrogen-bond acceptors (Lipinski definition) is 5. The highest BCUT2D eigenvalue weighted by atomic mass is 28.2. The number of ether oxygens (including phenoxy) is 4. The van der Waals surface area contributed by atoms with Gasteiger partial charge in [0.25, 0.3) is 0 Å². The molecule has 0 aromatic heterocycles. The van der Waals surface area contributed by atoms with Gasteiger partial charge in [-0.05, 0) is 23.8 Å². The zero-order valence-corrected chi connectivity index (χ0v) is 16.8. The normalized spacial score (nSPS) is 11.8. The Balaban J connectivity index is 2.33. The lowest BCUT2D eigenvalue weighted by Crippen LogP contribution is -2.09. The second-order valence-electron chi connectivity index (χ2n) is 5.21. The highest BCUT2D eigenvalue weighted by Crippen LogP contribution is 2.35. The van der Waals surface area contributed by atoms with Gasteiger partial charge < -0.3 is 23.4 Å². The molecule has 1 unspecified atom stereocenters. The molecule has 0 heterocycles. The lowest BCUT2D eigenvalue weighted by atomic mass is 9.99. The van der Waals surface area contributed by atoms with Gasteiger partial charge in [-0.2, -0.15) is 0 Å². The summed E-state index contributed by atoms with van der Waals surface area (Å²) in [7, 11) is 7.19. The summed E-state index contributed by atoms with van der Waals surface area (Å²) in [5.74, 6) is 3.05. The van der Waals surface area contributed by atoms with Gasteiger partial charge in [-0.15, -0.1) is 0 Å². The topological polar surface area (TPSA) is 46.2 Å². The van der Waals surface area contributed by atoms with Gasteiger partial charge in [-0.1, -0.05) is 6.07 Å². The molecule has 1 atom stereocenters. The fourth-order valence-electron chi connectivity index (χ4n) is 2.62. The quantitative estimate of drug-likeness (QED) is 0.685. The SMILES string of the molecule is COc1ccc(CC(O[SiH3])c2ccc(OC)cc2OC)c(OC)c1. The van der Waals surface area contributed by atoms with Gasteiger partial charge in [-0.25, -0.2) is 0 Å². The van der Waals surface area contributed by atoms with Gasteiger partial charge in [-0.3, -0.25) is 0 Å². The van der Waals surface area contributed by atoms with E-state index in [4.69, 9.17) is 23.4 Å². The molecule has 0 saturated heterocycles. The first-order chi connectivity index (χ1) is 11.7. The summed E-state index contributed by atoms with van der Waals surface area (Å²) in [5, 5.41) is 0. The Morgan fingerprint density at radius 2 is 1.38 bits per heavy atom. The molecule has 0 aliphatic heterocycles. The molecule has 0 N–H and O–H groups in total. The molecule has 0 bridgehead atoms. The van der Waals surface area contributed by atoms with E-state index >= 15 is 0 Å². The molecule has 0 aliphatic rings. The molecule has 0 spiro atoms. The molecule has 0 radical (unpaired) electrons. The van der Waals surface area contributed by atoms with Crippen LogP contribution in [-0.2, 0) is 10.8 Å². The third-order valence-corrected chi connectivity index (χ3v) is 4.54. The molecule has 2 aromatic rings. The number of hydrogen-bond donors (Lipinski definition) is 0. The molecule has 5 nitrogen and oxygen atoms in total. The number of rotatable bonds is 8.